The Kier molecular flexibility index (Phi) is 6.27. The van der Waals surface area contributed by atoms with E-state index >= 15 is 0 Å². The van der Waals surface area contributed by atoms with E-state index < -0.39 is 0 Å². The van der Waals surface area contributed by atoms with Crippen molar-refractivity contribution >= 4 is 17.5 Å². The van der Waals surface area contributed by atoms with Gasteiger partial charge in [0.05, 0.1) is 0 Å². The van der Waals surface area contributed by atoms with Crippen LogP contribution in [-0.4, -0.2) is 48.4 Å². The van der Waals surface area contributed by atoms with Gasteiger partial charge in [0.25, 0.3) is 5.91 Å². The van der Waals surface area contributed by atoms with E-state index in [1.807, 2.05) is 24.1 Å². The Morgan fingerprint density at radius 3 is 2.41 bits per heavy atom. The van der Waals surface area contributed by atoms with E-state index in [1.165, 1.54) is 12.8 Å². The molecule has 1 amide bonds. The lowest BCUT2D eigenvalue weighted by molar-refractivity contribution is 0.0627. The molecule has 0 aliphatic carbocycles. The average molecular weight is 323 g/mol. The average Bonchev–Trinajstić information content (AvgIpc) is 3.04. The second kappa shape index (κ2) is 7.98. The molecule has 2 atom stereocenters. The lowest BCUT2D eigenvalue weighted by Crippen LogP contribution is -2.47. The number of hydrogen-bond donors (Lipinski definition) is 0. The SMILES string of the molecule is CC[C@H](C)[C@@H](CN1CCCC1)N(C)C(=O)c1ccc(Cl)cc1. The lowest BCUT2D eigenvalue weighted by Gasteiger charge is -2.35. The van der Waals surface area contributed by atoms with E-state index in [4.69, 9.17) is 11.6 Å². The van der Waals surface area contributed by atoms with E-state index in [2.05, 4.69) is 18.7 Å². The molecule has 0 saturated carbocycles. The molecule has 0 aromatic heterocycles. The number of carbonyl (C=O) groups excluding carboxylic acids is 1. The number of amides is 1. The van der Waals surface area contributed by atoms with Crippen LogP contribution in [0.2, 0.25) is 5.02 Å². The Balaban J connectivity index is 2.10. The lowest BCUT2D eigenvalue weighted by atomic mass is 9.96. The van der Waals surface area contributed by atoms with E-state index in [0.29, 0.717) is 16.5 Å². The molecule has 4 heteroatoms. The van der Waals surface area contributed by atoms with Crippen molar-refractivity contribution in [2.45, 2.75) is 39.2 Å². The summed E-state index contributed by atoms with van der Waals surface area (Å²) in [5, 5.41) is 0.662. The van der Waals surface area contributed by atoms with Gasteiger partial charge < -0.3 is 9.80 Å². The van der Waals surface area contributed by atoms with Gasteiger partial charge in [-0.05, 0) is 56.1 Å². The van der Waals surface area contributed by atoms with Gasteiger partial charge in [0.1, 0.15) is 0 Å². The number of likely N-dealkylation sites (N-methyl/N-ethyl adjacent to an activating group) is 1. The van der Waals surface area contributed by atoms with E-state index in [1.54, 1.807) is 12.1 Å². The minimum atomic E-state index is 0.0844. The van der Waals surface area contributed by atoms with Crippen LogP contribution in [0.3, 0.4) is 0 Å². The number of benzene rings is 1. The molecular formula is C18H27ClN2O. The molecule has 0 bridgehead atoms. The largest absolute Gasteiger partial charge is 0.337 e. The number of hydrogen-bond acceptors (Lipinski definition) is 2. The smallest absolute Gasteiger partial charge is 0.253 e. The van der Waals surface area contributed by atoms with E-state index in [0.717, 1.165) is 26.1 Å². The zero-order valence-electron chi connectivity index (χ0n) is 13.9. The van der Waals surface area contributed by atoms with Crippen molar-refractivity contribution in [3.63, 3.8) is 0 Å². The maximum Gasteiger partial charge on any atom is 0.253 e. The summed E-state index contributed by atoms with van der Waals surface area (Å²) in [6.45, 7) is 7.74. The van der Waals surface area contributed by atoms with Crippen molar-refractivity contribution in [3.05, 3.63) is 34.9 Å². The highest BCUT2D eigenvalue weighted by Crippen LogP contribution is 2.20. The summed E-state index contributed by atoms with van der Waals surface area (Å²) < 4.78 is 0. The molecule has 1 heterocycles. The van der Waals surface area contributed by atoms with Gasteiger partial charge in [-0.15, -0.1) is 0 Å². The molecule has 0 spiro atoms. The zero-order chi connectivity index (χ0) is 16.1. The van der Waals surface area contributed by atoms with Crippen LogP contribution in [0.15, 0.2) is 24.3 Å². The summed E-state index contributed by atoms with van der Waals surface area (Å²) in [6, 6.07) is 7.43. The van der Waals surface area contributed by atoms with Crippen LogP contribution < -0.4 is 0 Å². The molecule has 1 saturated heterocycles. The van der Waals surface area contributed by atoms with Crippen LogP contribution in [0.4, 0.5) is 0 Å². The van der Waals surface area contributed by atoms with Crippen molar-refractivity contribution < 1.29 is 4.79 Å². The molecule has 1 aromatic rings. The molecule has 1 aliphatic heterocycles. The highest BCUT2D eigenvalue weighted by molar-refractivity contribution is 6.30. The Morgan fingerprint density at radius 2 is 1.86 bits per heavy atom. The molecule has 1 aromatic carbocycles. The summed E-state index contributed by atoms with van der Waals surface area (Å²) in [5.74, 6) is 0.572. The number of carbonyl (C=O) groups is 1. The van der Waals surface area contributed by atoms with Gasteiger partial charge in [-0.25, -0.2) is 0 Å². The Bertz CT molecular complexity index is 482. The number of rotatable bonds is 6. The van der Waals surface area contributed by atoms with E-state index in [9.17, 15) is 4.79 Å². The third kappa shape index (κ3) is 4.23. The molecule has 122 valence electrons. The van der Waals surface area contributed by atoms with Gasteiger partial charge in [0, 0.05) is 30.2 Å². The molecule has 0 radical (unpaired) electrons. The number of likely N-dealkylation sites (tertiary alicyclic amines) is 1. The minimum absolute atomic E-state index is 0.0844. The van der Waals surface area contributed by atoms with Gasteiger partial charge in [-0.2, -0.15) is 0 Å². The van der Waals surface area contributed by atoms with Crippen LogP contribution in [-0.2, 0) is 0 Å². The summed E-state index contributed by atoms with van der Waals surface area (Å²) in [7, 11) is 1.93. The molecule has 3 nitrogen and oxygen atoms in total. The summed E-state index contributed by atoms with van der Waals surface area (Å²) in [4.78, 5) is 17.2. The summed E-state index contributed by atoms with van der Waals surface area (Å²) in [5.41, 5.74) is 0.710. The molecule has 0 N–H and O–H groups in total. The first-order valence-electron chi connectivity index (χ1n) is 8.28. The molecule has 1 fully saturated rings. The quantitative estimate of drug-likeness (QED) is 0.792. The van der Waals surface area contributed by atoms with Gasteiger partial charge in [-0.3, -0.25) is 4.79 Å². The standard InChI is InChI=1S/C18H27ClN2O/c1-4-14(2)17(13-21-11-5-6-12-21)20(3)18(22)15-7-9-16(19)10-8-15/h7-10,14,17H,4-6,11-13H2,1-3H3/t14-,17+/m0/s1. The van der Waals surface area contributed by atoms with Crippen LogP contribution in [0, 0.1) is 5.92 Å². The van der Waals surface area contributed by atoms with Gasteiger partial charge in [-0.1, -0.05) is 31.9 Å². The molecular weight excluding hydrogens is 296 g/mol. The van der Waals surface area contributed by atoms with Gasteiger partial charge >= 0.3 is 0 Å². The molecule has 2 rings (SSSR count). The Hall–Kier alpha value is -1.06. The van der Waals surface area contributed by atoms with Crippen LogP contribution in [0.5, 0.6) is 0 Å². The topological polar surface area (TPSA) is 23.6 Å². The summed E-state index contributed by atoms with van der Waals surface area (Å²) in [6.07, 6.45) is 3.64. The third-order valence-corrected chi connectivity index (χ3v) is 5.11. The number of halogens is 1. The maximum atomic E-state index is 12.8. The fourth-order valence-corrected chi connectivity index (χ4v) is 3.26. The minimum Gasteiger partial charge on any atom is -0.337 e. The monoisotopic (exact) mass is 322 g/mol. The summed E-state index contributed by atoms with van der Waals surface area (Å²) >= 11 is 5.91. The van der Waals surface area contributed by atoms with Crippen molar-refractivity contribution in [2.24, 2.45) is 5.92 Å². The first kappa shape index (κ1) is 17.3. The van der Waals surface area contributed by atoms with E-state index in [-0.39, 0.29) is 11.9 Å². The van der Waals surface area contributed by atoms with Crippen molar-refractivity contribution in [1.29, 1.82) is 0 Å². The predicted octanol–water partition coefficient (Wildman–Crippen LogP) is 3.92. The maximum absolute atomic E-state index is 12.8. The van der Waals surface area contributed by atoms with Crippen molar-refractivity contribution in [2.75, 3.05) is 26.7 Å². The van der Waals surface area contributed by atoms with Crippen LogP contribution >= 0.6 is 11.6 Å². The fourth-order valence-electron chi connectivity index (χ4n) is 3.13. The van der Waals surface area contributed by atoms with Crippen LogP contribution in [0.1, 0.15) is 43.5 Å². The molecule has 1 aliphatic rings. The zero-order valence-corrected chi connectivity index (χ0v) is 14.6. The highest BCUT2D eigenvalue weighted by Gasteiger charge is 2.28. The van der Waals surface area contributed by atoms with Crippen molar-refractivity contribution in [3.8, 4) is 0 Å². The van der Waals surface area contributed by atoms with Gasteiger partial charge in [0.15, 0.2) is 0 Å². The second-order valence-corrected chi connectivity index (χ2v) is 6.82. The predicted molar refractivity (Wildman–Crippen MR) is 92.5 cm³/mol. The Labute approximate surface area is 139 Å². The number of nitrogens with zero attached hydrogens (tertiary/aromatic N) is 2. The van der Waals surface area contributed by atoms with Crippen LogP contribution in [0.25, 0.3) is 0 Å². The third-order valence-electron chi connectivity index (χ3n) is 4.85. The second-order valence-electron chi connectivity index (χ2n) is 6.38. The van der Waals surface area contributed by atoms with Gasteiger partial charge in [0.2, 0.25) is 0 Å². The first-order valence-corrected chi connectivity index (χ1v) is 8.65. The first-order chi connectivity index (χ1) is 10.5. The van der Waals surface area contributed by atoms with Crippen molar-refractivity contribution in [1.82, 2.24) is 9.80 Å². The molecule has 22 heavy (non-hydrogen) atoms. The normalized spacial score (nSPS) is 18.2. The Morgan fingerprint density at radius 1 is 1.27 bits per heavy atom. The fraction of sp³-hybridized carbons (Fsp3) is 0.611. The highest BCUT2D eigenvalue weighted by atomic mass is 35.5. The molecule has 0 unspecified atom stereocenters.